The lowest BCUT2D eigenvalue weighted by Crippen LogP contribution is -2.20. The lowest BCUT2D eigenvalue weighted by molar-refractivity contribution is -0.384. The van der Waals surface area contributed by atoms with Crippen LogP contribution in [0.4, 0.5) is 11.4 Å². The molecule has 0 radical (unpaired) electrons. The fraction of sp³-hybridized carbons (Fsp3) is 0.0714. The third kappa shape index (κ3) is 3.29. The molecule has 0 saturated carbocycles. The van der Waals surface area contributed by atoms with E-state index >= 15 is 0 Å². The summed E-state index contributed by atoms with van der Waals surface area (Å²) >= 11 is 5.94. The van der Waals surface area contributed by atoms with Gasteiger partial charge in [-0.1, -0.05) is 29.8 Å². The van der Waals surface area contributed by atoms with Gasteiger partial charge in [0.05, 0.1) is 11.0 Å². The van der Waals surface area contributed by atoms with Gasteiger partial charge in [0.15, 0.2) is 0 Å². The first kappa shape index (κ1) is 14.8. The van der Waals surface area contributed by atoms with E-state index in [0.717, 1.165) is 0 Å². The maximum Gasteiger partial charge on any atom is 0.292 e. The summed E-state index contributed by atoms with van der Waals surface area (Å²) in [4.78, 5) is 21.2. The van der Waals surface area contributed by atoms with Crippen molar-refractivity contribution in [3.05, 3.63) is 68.7 Å². The summed E-state index contributed by atoms with van der Waals surface area (Å²) in [6, 6.07) is 10.8. The van der Waals surface area contributed by atoms with Gasteiger partial charge < -0.3 is 11.1 Å². The molecule has 0 bridgehead atoms. The Morgan fingerprint density at radius 2 is 1.95 bits per heavy atom. The van der Waals surface area contributed by atoms with E-state index in [2.05, 4.69) is 5.32 Å². The highest BCUT2D eigenvalue weighted by molar-refractivity contribution is 6.30. The van der Waals surface area contributed by atoms with Crippen LogP contribution in [0.1, 0.15) is 17.2 Å². The van der Waals surface area contributed by atoms with Crippen LogP contribution in [0.3, 0.4) is 0 Å². The van der Waals surface area contributed by atoms with Gasteiger partial charge >= 0.3 is 0 Å². The number of nitro benzene ring substituents is 1. The average molecular weight is 306 g/mol. The number of nitrogens with one attached hydrogen (secondary N) is 1. The van der Waals surface area contributed by atoms with Crippen molar-refractivity contribution in [1.29, 1.82) is 0 Å². The van der Waals surface area contributed by atoms with Gasteiger partial charge in [-0.3, -0.25) is 14.9 Å². The first-order chi connectivity index (χ1) is 10.0. The average Bonchev–Trinajstić information content (AvgIpc) is 2.45. The van der Waals surface area contributed by atoms with Crippen molar-refractivity contribution in [2.75, 3.05) is 5.73 Å². The summed E-state index contributed by atoms with van der Waals surface area (Å²) in [5.41, 5.74) is 6.70. The number of carbonyl (C=O) groups is 1. The van der Waals surface area contributed by atoms with Crippen LogP contribution in [-0.4, -0.2) is 11.3 Å². The maximum atomic E-state index is 11.0. The molecule has 7 heteroatoms. The second-order valence-electron chi connectivity index (χ2n) is 4.35. The largest absolute Gasteiger partial charge is 0.393 e. The summed E-state index contributed by atoms with van der Waals surface area (Å²) in [6.45, 7) is 0. The van der Waals surface area contributed by atoms with Crippen LogP contribution in [0.2, 0.25) is 5.02 Å². The molecule has 3 N–H and O–H groups in total. The second kappa shape index (κ2) is 6.23. The van der Waals surface area contributed by atoms with E-state index in [0.29, 0.717) is 22.6 Å². The van der Waals surface area contributed by atoms with Gasteiger partial charge in [0.25, 0.3) is 5.69 Å². The van der Waals surface area contributed by atoms with E-state index in [1.807, 2.05) is 0 Å². The lowest BCUT2D eigenvalue weighted by atomic mass is 9.98. The first-order valence-corrected chi connectivity index (χ1v) is 6.39. The van der Waals surface area contributed by atoms with Crippen LogP contribution in [0.5, 0.6) is 0 Å². The van der Waals surface area contributed by atoms with Gasteiger partial charge in [0.2, 0.25) is 6.41 Å². The summed E-state index contributed by atoms with van der Waals surface area (Å²) in [7, 11) is 0. The molecule has 0 saturated heterocycles. The Hall–Kier alpha value is -2.60. The maximum absolute atomic E-state index is 11.0. The molecule has 6 nitrogen and oxygen atoms in total. The van der Waals surface area contributed by atoms with E-state index in [4.69, 9.17) is 17.3 Å². The van der Waals surface area contributed by atoms with Crippen LogP contribution >= 0.6 is 11.6 Å². The highest BCUT2D eigenvalue weighted by Gasteiger charge is 2.19. The molecule has 0 aliphatic heterocycles. The van der Waals surface area contributed by atoms with Crippen LogP contribution in [0, 0.1) is 10.1 Å². The molecule has 2 rings (SSSR count). The number of nitrogens with zero attached hydrogens (tertiary/aromatic N) is 1. The SMILES string of the molecule is Nc1ccc(C(NC=O)c2cccc(Cl)c2)cc1[N+](=O)[O-]. The summed E-state index contributed by atoms with van der Waals surface area (Å²) in [6.07, 6.45) is 0.535. The number of nitro groups is 1. The Labute approximate surface area is 125 Å². The molecule has 0 aliphatic rings. The first-order valence-electron chi connectivity index (χ1n) is 6.02. The fourth-order valence-corrected chi connectivity index (χ4v) is 2.24. The zero-order valence-electron chi connectivity index (χ0n) is 10.8. The minimum atomic E-state index is -0.561. The number of halogens is 1. The van der Waals surface area contributed by atoms with Gasteiger partial charge in [-0.05, 0) is 29.3 Å². The number of anilines is 1. The van der Waals surface area contributed by atoms with Crippen molar-refractivity contribution in [3.8, 4) is 0 Å². The number of amides is 1. The minimum absolute atomic E-state index is 0.0692. The van der Waals surface area contributed by atoms with E-state index in [-0.39, 0.29) is 11.4 Å². The van der Waals surface area contributed by atoms with Gasteiger partial charge in [-0.15, -0.1) is 0 Å². The van der Waals surface area contributed by atoms with Gasteiger partial charge in [0, 0.05) is 11.1 Å². The molecule has 0 fully saturated rings. The smallest absolute Gasteiger partial charge is 0.292 e. The standard InChI is InChI=1S/C14H12ClN3O3/c15-11-3-1-2-9(6-11)14(17-8-19)10-4-5-12(16)13(7-10)18(20)21/h1-8,14H,16H2,(H,17,19). The molecule has 0 aliphatic carbocycles. The molecule has 108 valence electrons. The molecule has 0 spiro atoms. The van der Waals surface area contributed by atoms with Crippen molar-refractivity contribution in [2.24, 2.45) is 0 Å². The Morgan fingerprint density at radius 3 is 2.57 bits per heavy atom. The molecule has 1 unspecified atom stereocenters. The van der Waals surface area contributed by atoms with Crippen LogP contribution < -0.4 is 11.1 Å². The number of hydrogen-bond acceptors (Lipinski definition) is 4. The van der Waals surface area contributed by atoms with Crippen LogP contribution in [0.25, 0.3) is 0 Å². The van der Waals surface area contributed by atoms with Gasteiger partial charge in [-0.2, -0.15) is 0 Å². The molecular weight excluding hydrogens is 294 g/mol. The highest BCUT2D eigenvalue weighted by atomic mass is 35.5. The van der Waals surface area contributed by atoms with Crippen molar-refractivity contribution in [1.82, 2.24) is 5.32 Å². The summed E-state index contributed by atoms with van der Waals surface area (Å²) < 4.78 is 0. The molecule has 0 heterocycles. The molecular formula is C14H12ClN3O3. The second-order valence-corrected chi connectivity index (χ2v) is 4.78. The normalized spacial score (nSPS) is 11.7. The van der Waals surface area contributed by atoms with Crippen molar-refractivity contribution in [3.63, 3.8) is 0 Å². The Bertz CT molecular complexity index is 691. The van der Waals surface area contributed by atoms with Crippen molar-refractivity contribution < 1.29 is 9.72 Å². The fourth-order valence-electron chi connectivity index (χ4n) is 2.04. The highest BCUT2D eigenvalue weighted by Crippen LogP contribution is 2.29. The molecule has 1 amide bonds. The van der Waals surface area contributed by atoms with Crippen molar-refractivity contribution in [2.45, 2.75) is 6.04 Å². The number of rotatable bonds is 5. The topological polar surface area (TPSA) is 98.3 Å². The van der Waals surface area contributed by atoms with Crippen LogP contribution in [-0.2, 0) is 4.79 Å². The predicted octanol–water partition coefficient (Wildman–Crippen LogP) is 2.67. The Kier molecular flexibility index (Phi) is 4.39. The molecule has 0 aromatic heterocycles. The molecule has 2 aromatic carbocycles. The Balaban J connectivity index is 2.50. The Morgan fingerprint density at radius 1 is 1.24 bits per heavy atom. The zero-order valence-corrected chi connectivity index (χ0v) is 11.6. The number of carbonyl (C=O) groups excluding carboxylic acids is 1. The van der Waals surface area contributed by atoms with E-state index in [1.54, 1.807) is 30.3 Å². The van der Waals surface area contributed by atoms with E-state index in [1.165, 1.54) is 12.1 Å². The molecule has 21 heavy (non-hydrogen) atoms. The summed E-state index contributed by atoms with van der Waals surface area (Å²) in [5.74, 6) is 0. The third-order valence-corrected chi connectivity index (χ3v) is 3.24. The minimum Gasteiger partial charge on any atom is -0.393 e. The predicted molar refractivity (Wildman–Crippen MR) is 80.0 cm³/mol. The number of nitrogens with two attached hydrogens (primary N) is 1. The number of hydrogen-bond donors (Lipinski definition) is 2. The van der Waals surface area contributed by atoms with E-state index < -0.39 is 11.0 Å². The van der Waals surface area contributed by atoms with Gasteiger partial charge in [-0.25, -0.2) is 0 Å². The molecule has 2 aromatic rings. The van der Waals surface area contributed by atoms with E-state index in [9.17, 15) is 14.9 Å². The molecule has 1 atom stereocenters. The monoisotopic (exact) mass is 305 g/mol. The third-order valence-electron chi connectivity index (χ3n) is 3.00. The quantitative estimate of drug-likeness (QED) is 0.384. The summed E-state index contributed by atoms with van der Waals surface area (Å²) in [5, 5.41) is 14.1. The number of nitrogen functional groups attached to an aromatic ring is 1. The number of benzene rings is 2. The van der Waals surface area contributed by atoms with Crippen LogP contribution in [0.15, 0.2) is 42.5 Å². The lowest BCUT2D eigenvalue weighted by Gasteiger charge is -2.17. The van der Waals surface area contributed by atoms with Gasteiger partial charge in [0.1, 0.15) is 5.69 Å². The zero-order chi connectivity index (χ0) is 15.4. The van der Waals surface area contributed by atoms with Crippen molar-refractivity contribution >= 4 is 29.4 Å².